The molecule has 0 unspecified atom stereocenters. The second-order valence-corrected chi connectivity index (χ2v) is 4.88. The van der Waals surface area contributed by atoms with Crippen LogP contribution in [0.15, 0.2) is 46.9 Å². The lowest BCUT2D eigenvalue weighted by Crippen LogP contribution is -2.12. The maximum Gasteiger partial charge on any atom is 0.101 e. The molecule has 0 saturated carbocycles. The van der Waals surface area contributed by atoms with Gasteiger partial charge in [0, 0.05) is 11.5 Å². The second-order valence-electron chi connectivity index (χ2n) is 3.96. The molecule has 0 saturated heterocycles. The van der Waals surface area contributed by atoms with Crippen LogP contribution in [0.2, 0.25) is 0 Å². The smallest absolute Gasteiger partial charge is 0.101 e. The van der Waals surface area contributed by atoms with Gasteiger partial charge >= 0.3 is 0 Å². The summed E-state index contributed by atoms with van der Waals surface area (Å²) in [7, 11) is 1.85. The number of nitriles is 2. The average Bonchev–Trinajstić information content (AvgIpc) is 2.46. The van der Waals surface area contributed by atoms with Crippen LogP contribution in [0.4, 0.5) is 11.4 Å². The summed E-state index contributed by atoms with van der Waals surface area (Å²) in [6.45, 7) is 0. The molecule has 0 fully saturated rings. The molecule has 0 aliphatic carbocycles. The zero-order valence-electron chi connectivity index (χ0n) is 10.3. The van der Waals surface area contributed by atoms with Crippen LogP contribution in [-0.2, 0) is 0 Å². The van der Waals surface area contributed by atoms with Gasteiger partial charge in [0.1, 0.15) is 12.1 Å². The first-order chi connectivity index (χ1) is 9.17. The van der Waals surface area contributed by atoms with E-state index < -0.39 is 0 Å². The largest absolute Gasteiger partial charge is 0.342 e. The van der Waals surface area contributed by atoms with E-state index in [4.69, 9.17) is 5.26 Å². The van der Waals surface area contributed by atoms with Crippen molar-refractivity contribution >= 4 is 27.3 Å². The van der Waals surface area contributed by atoms with Crippen LogP contribution in [0, 0.1) is 22.7 Å². The molecular weight excluding hydrogens is 302 g/mol. The topological polar surface area (TPSA) is 50.8 Å². The third-order valence-corrected chi connectivity index (χ3v) is 3.32. The zero-order valence-corrected chi connectivity index (χ0v) is 11.8. The summed E-state index contributed by atoms with van der Waals surface area (Å²) in [5.74, 6) is 0. The third kappa shape index (κ3) is 2.59. The molecule has 2 aromatic rings. The molecular formula is C15H10BrN3. The number of halogens is 1. The first-order valence-corrected chi connectivity index (χ1v) is 6.39. The zero-order chi connectivity index (χ0) is 13.8. The molecule has 3 nitrogen and oxygen atoms in total. The number of para-hydroxylation sites is 1. The lowest BCUT2D eigenvalue weighted by Gasteiger charge is -2.21. The summed E-state index contributed by atoms with van der Waals surface area (Å²) in [6.07, 6.45) is 0. The van der Waals surface area contributed by atoms with Crippen molar-refractivity contribution in [3.05, 3.63) is 58.1 Å². The first-order valence-electron chi connectivity index (χ1n) is 5.60. The second kappa shape index (κ2) is 5.56. The van der Waals surface area contributed by atoms with Gasteiger partial charge in [-0.3, -0.25) is 0 Å². The summed E-state index contributed by atoms with van der Waals surface area (Å²) >= 11 is 3.35. The highest BCUT2D eigenvalue weighted by Gasteiger charge is 2.12. The number of rotatable bonds is 2. The van der Waals surface area contributed by atoms with Crippen LogP contribution in [0.3, 0.4) is 0 Å². The first kappa shape index (κ1) is 13.1. The highest BCUT2D eigenvalue weighted by molar-refractivity contribution is 9.10. The molecule has 0 aromatic heterocycles. The van der Waals surface area contributed by atoms with E-state index in [2.05, 4.69) is 28.1 Å². The van der Waals surface area contributed by atoms with Gasteiger partial charge in [-0.1, -0.05) is 28.1 Å². The molecule has 4 heteroatoms. The van der Waals surface area contributed by atoms with E-state index in [1.54, 1.807) is 12.1 Å². The van der Waals surface area contributed by atoms with Crippen molar-refractivity contribution in [1.82, 2.24) is 0 Å². The Hall–Kier alpha value is -2.30. The molecule has 0 amide bonds. The molecule has 0 aliphatic rings. The molecule has 0 heterocycles. The standard InChI is InChI=1S/C15H10BrN3/c1-19(14-5-3-2-4-11(14)9-17)15-7-6-13(16)8-12(15)10-18/h2-8H,1H3. The van der Waals surface area contributed by atoms with Gasteiger partial charge in [0.2, 0.25) is 0 Å². The fourth-order valence-electron chi connectivity index (χ4n) is 1.88. The SMILES string of the molecule is CN(c1ccccc1C#N)c1ccc(Br)cc1C#N. The minimum Gasteiger partial charge on any atom is -0.342 e. The average molecular weight is 312 g/mol. The number of hydrogen-bond donors (Lipinski definition) is 0. The van der Waals surface area contributed by atoms with Gasteiger partial charge in [-0.2, -0.15) is 10.5 Å². The molecule has 0 aliphatic heterocycles. The quantitative estimate of drug-likeness (QED) is 0.843. The van der Waals surface area contributed by atoms with Gasteiger partial charge in [-0.25, -0.2) is 0 Å². The number of hydrogen-bond acceptors (Lipinski definition) is 3. The molecule has 0 atom stereocenters. The van der Waals surface area contributed by atoms with Crippen molar-refractivity contribution in [1.29, 1.82) is 10.5 Å². The van der Waals surface area contributed by atoms with Crippen LogP contribution >= 0.6 is 15.9 Å². The Morgan fingerprint density at radius 3 is 2.26 bits per heavy atom. The monoisotopic (exact) mass is 311 g/mol. The van der Waals surface area contributed by atoms with Crippen LogP contribution < -0.4 is 4.90 Å². The highest BCUT2D eigenvalue weighted by atomic mass is 79.9. The Morgan fingerprint density at radius 2 is 1.58 bits per heavy atom. The van der Waals surface area contributed by atoms with Crippen molar-refractivity contribution in [3.63, 3.8) is 0 Å². The van der Waals surface area contributed by atoms with E-state index in [1.807, 2.05) is 42.3 Å². The van der Waals surface area contributed by atoms with Gasteiger partial charge in [-0.15, -0.1) is 0 Å². The van der Waals surface area contributed by atoms with Crippen LogP contribution in [0.25, 0.3) is 0 Å². The summed E-state index contributed by atoms with van der Waals surface area (Å²) in [6, 6.07) is 17.1. The molecule has 2 rings (SSSR count). The number of nitrogens with zero attached hydrogens (tertiary/aromatic N) is 3. The lowest BCUT2D eigenvalue weighted by atomic mass is 10.1. The number of anilines is 2. The third-order valence-electron chi connectivity index (χ3n) is 2.83. The van der Waals surface area contributed by atoms with E-state index in [-0.39, 0.29) is 0 Å². The molecule has 0 radical (unpaired) electrons. The van der Waals surface area contributed by atoms with Crippen molar-refractivity contribution in [2.45, 2.75) is 0 Å². The van der Waals surface area contributed by atoms with E-state index in [9.17, 15) is 5.26 Å². The number of benzene rings is 2. The maximum absolute atomic E-state index is 9.20. The van der Waals surface area contributed by atoms with Crippen molar-refractivity contribution in [2.24, 2.45) is 0 Å². The van der Waals surface area contributed by atoms with Gasteiger partial charge in [0.15, 0.2) is 0 Å². The summed E-state index contributed by atoms with van der Waals surface area (Å²) in [5, 5.41) is 18.3. The normalized spacial score (nSPS) is 9.47. The predicted molar refractivity (Wildman–Crippen MR) is 78.1 cm³/mol. The van der Waals surface area contributed by atoms with Crippen LogP contribution in [-0.4, -0.2) is 7.05 Å². The summed E-state index contributed by atoms with van der Waals surface area (Å²) < 4.78 is 0.856. The Bertz CT molecular complexity index is 695. The van der Waals surface area contributed by atoms with Gasteiger partial charge in [0.25, 0.3) is 0 Å². The molecule has 92 valence electrons. The molecule has 2 aromatic carbocycles. The molecule has 0 bridgehead atoms. The Labute approximate surface area is 120 Å². The minimum absolute atomic E-state index is 0.560. The summed E-state index contributed by atoms with van der Waals surface area (Å²) in [5.41, 5.74) is 2.69. The van der Waals surface area contributed by atoms with Crippen molar-refractivity contribution < 1.29 is 0 Å². The molecule has 0 spiro atoms. The van der Waals surface area contributed by atoms with Crippen molar-refractivity contribution in [2.75, 3.05) is 11.9 Å². The van der Waals surface area contributed by atoms with Crippen LogP contribution in [0.1, 0.15) is 11.1 Å². The molecule has 0 N–H and O–H groups in total. The Balaban J connectivity index is 2.54. The lowest BCUT2D eigenvalue weighted by molar-refractivity contribution is 1.19. The van der Waals surface area contributed by atoms with Crippen molar-refractivity contribution in [3.8, 4) is 12.1 Å². The fraction of sp³-hybridized carbons (Fsp3) is 0.0667. The summed E-state index contributed by atoms with van der Waals surface area (Å²) in [4.78, 5) is 1.85. The minimum atomic E-state index is 0.560. The van der Waals surface area contributed by atoms with E-state index in [0.717, 1.165) is 15.8 Å². The Kier molecular flexibility index (Phi) is 3.85. The maximum atomic E-state index is 9.20. The highest BCUT2D eigenvalue weighted by Crippen LogP contribution is 2.30. The Morgan fingerprint density at radius 1 is 0.947 bits per heavy atom. The van der Waals surface area contributed by atoms with Gasteiger partial charge < -0.3 is 4.90 Å². The predicted octanol–water partition coefficient (Wildman–Crippen LogP) is 3.96. The van der Waals surface area contributed by atoms with E-state index in [0.29, 0.717) is 11.1 Å². The van der Waals surface area contributed by atoms with Crippen LogP contribution in [0.5, 0.6) is 0 Å². The van der Waals surface area contributed by atoms with E-state index >= 15 is 0 Å². The van der Waals surface area contributed by atoms with Gasteiger partial charge in [0.05, 0.1) is 22.5 Å². The van der Waals surface area contributed by atoms with Gasteiger partial charge in [-0.05, 0) is 30.3 Å². The van der Waals surface area contributed by atoms with E-state index in [1.165, 1.54) is 0 Å². The molecule has 19 heavy (non-hydrogen) atoms. The fourth-order valence-corrected chi connectivity index (χ4v) is 2.24.